The van der Waals surface area contributed by atoms with Crippen LogP contribution in [0.15, 0.2) is 43.0 Å². The van der Waals surface area contributed by atoms with E-state index < -0.39 is 6.04 Å². The first-order chi connectivity index (χ1) is 10.7. The van der Waals surface area contributed by atoms with Crippen molar-refractivity contribution >= 4 is 11.6 Å². The maximum Gasteiger partial charge on any atom is 0.241 e. The zero-order valence-corrected chi connectivity index (χ0v) is 12.3. The Labute approximate surface area is 129 Å². The van der Waals surface area contributed by atoms with Crippen LogP contribution in [0.25, 0.3) is 5.69 Å². The number of anilines is 1. The summed E-state index contributed by atoms with van der Waals surface area (Å²) in [5.41, 5.74) is 7.76. The highest BCUT2D eigenvalue weighted by Crippen LogP contribution is 2.20. The number of carbonyl (C=O) groups is 1. The van der Waals surface area contributed by atoms with Gasteiger partial charge in [-0.1, -0.05) is 6.07 Å². The fourth-order valence-corrected chi connectivity index (χ4v) is 2.67. The molecule has 1 aromatic heterocycles. The molecule has 0 saturated carbocycles. The van der Waals surface area contributed by atoms with Crippen LogP contribution < -0.4 is 11.1 Å². The molecule has 1 aliphatic rings. The summed E-state index contributed by atoms with van der Waals surface area (Å²) in [5, 5.41) is 2.90. The van der Waals surface area contributed by atoms with Gasteiger partial charge in [-0.15, -0.1) is 0 Å². The molecule has 1 unspecified atom stereocenters. The van der Waals surface area contributed by atoms with Crippen LogP contribution in [0.1, 0.15) is 12.8 Å². The molecule has 1 atom stereocenters. The number of nitrogens with one attached hydrogen (secondary N) is 1. The van der Waals surface area contributed by atoms with Crippen molar-refractivity contribution in [2.75, 3.05) is 18.5 Å². The highest BCUT2D eigenvalue weighted by molar-refractivity contribution is 5.95. The summed E-state index contributed by atoms with van der Waals surface area (Å²) in [4.78, 5) is 16.3. The molecule has 1 aliphatic heterocycles. The number of ether oxygens (including phenoxy) is 1. The summed E-state index contributed by atoms with van der Waals surface area (Å²) in [7, 11) is 0. The minimum atomic E-state index is -0.499. The minimum Gasteiger partial charge on any atom is -0.381 e. The van der Waals surface area contributed by atoms with E-state index in [2.05, 4.69) is 10.3 Å². The molecule has 3 rings (SSSR count). The van der Waals surface area contributed by atoms with Crippen LogP contribution in [0, 0.1) is 5.92 Å². The van der Waals surface area contributed by atoms with E-state index in [9.17, 15) is 4.79 Å². The van der Waals surface area contributed by atoms with Crippen molar-refractivity contribution in [2.45, 2.75) is 18.9 Å². The van der Waals surface area contributed by atoms with Gasteiger partial charge in [-0.25, -0.2) is 4.98 Å². The van der Waals surface area contributed by atoms with Crippen molar-refractivity contribution in [2.24, 2.45) is 11.7 Å². The van der Waals surface area contributed by atoms with Gasteiger partial charge in [0.05, 0.1) is 12.4 Å². The molecule has 116 valence electrons. The van der Waals surface area contributed by atoms with Gasteiger partial charge in [0.25, 0.3) is 0 Å². The topological polar surface area (TPSA) is 82.2 Å². The number of amides is 1. The molecule has 6 nitrogen and oxygen atoms in total. The van der Waals surface area contributed by atoms with Crippen LogP contribution in [0.2, 0.25) is 0 Å². The van der Waals surface area contributed by atoms with Crippen molar-refractivity contribution in [1.82, 2.24) is 9.55 Å². The number of nitrogens with two attached hydrogens (primary N) is 1. The molecule has 6 heteroatoms. The summed E-state index contributed by atoms with van der Waals surface area (Å²) in [6.45, 7) is 1.36. The molecule has 1 saturated heterocycles. The fraction of sp³-hybridized carbons (Fsp3) is 0.375. The summed E-state index contributed by atoms with van der Waals surface area (Å²) >= 11 is 0. The van der Waals surface area contributed by atoms with Gasteiger partial charge in [-0.2, -0.15) is 0 Å². The Balaban J connectivity index is 1.67. The van der Waals surface area contributed by atoms with Crippen LogP contribution in [0.4, 0.5) is 5.69 Å². The van der Waals surface area contributed by atoms with Gasteiger partial charge in [0.15, 0.2) is 0 Å². The van der Waals surface area contributed by atoms with Crippen LogP contribution in [0.3, 0.4) is 0 Å². The van der Waals surface area contributed by atoms with Gasteiger partial charge < -0.3 is 20.4 Å². The molecule has 1 amide bonds. The Morgan fingerprint density at radius 3 is 2.95 bits per heavy atom. The van der Waals surface area contributed by atoms with E-state index >= 15 is 0 Å². The number of aromatic nitrogens is 2. The van der Waals surface area contributed by atoms with Gasteiger partial charge in [-0.05, 0) is 37.0 Å². The first-order valence-electron chi connectivity index (χ1n) is 7.46. The number of rotatable bonds is 4. The van der Waals surface area contributed by atoms with Crippen molar-refractivity contribution in [3.63, 3.8) is 0 Å². The second kappa shape index (κ2) is 6.72. The lowest BCUT2D eigenvalue weighted by Crippen LogP contribution is -2.44. The van der Waals surface area contributed by atoms with Crippen molar-refractivity contribution in [1.29, 1.82) is 0 Å². The van der Waals surface area contributed by atoms with Crippen LogP contribution >= 0.6 is 0 Å². The second-order valence-corrected chi connectivity index (χ2v) is 5.49. The maximum atomic E-state index is 12.3. The van der Waals surface area contributed by atoms with Gasteiger partial charge in [0.1, 0.15) is 0 Å². The molecule has 1 fully saturated rings. The number of hydrogen-bond donors (Lipinski definition) is 2. The zero-order valence-electron chi connectivity index (χ0n) is 12.3. The quantitative estimate of drug-likeness (QED) is 0.898. The lowest BCUT2D eigenvalue weighted by atomic mass is 9.92. The Bertz CT molecular complexity index is 621. The van der Waals surface area contributed by atoms with Crippen LogP contribution in [0.5, 0.6) is 0 Å². The van der Waals surface area contributed by atoms with E-state index in [1.54, 1.807) is 12.5 Å². The van der Waals surface area contributed by atoms with Gasteiger partial charge in [0, 0.05) is 37.0 Å². The Morgan fingerprint density at radius 2 is 2.23 bits per heavy atom. The Morgan fingerprint density at radius 1 is 1.41 bits per heavy atom. The number of benzene rings is 1. The van der Waals surface area contributed by atoms with E-state index in [0.29, 0.717) is 13.2 Å². The third kappa shape index (κ3) is 3.35. The smallest absolute Gasteiger partial charge is 0.241 e. The second-order valence-electron chi connectivity index (χ2n) is 5.49. The average molecular weight is 300 g/mol. The maximum absolute atomic E-state index is 12.3. The van der Waals surface area contributed by atoms with Crippen molar-refractivity contribution < 1.29 is 9.53 Å². The normalized spacial score (nSPS) is 17.1. The summed E-state index contributed by atoms with van der Waals surface area (Å²) in [5.74, 6) is 0.0419. The monoisotopic (exact) mass is 300 g/mol. The lowest BCUT2D eigenvalue weighted by Gasteiger charge is -2.26. The molecular formula is C16H20N4O2. The number of carbonyl (C=O) groups excluding carboxylic acids is 1. The van der Waals surface area contributed by atoms with E-state index in [-0.39, 0.29) is 11.8 Å². The third-order valence-corrected chi connectivity index (χ3v) is 3.99. The first kappa shape index (κ1) is 14.7. The van der Waals surface area contributed by atoms with E-state index in [1.165, 1.54) is 0 Å². The number of nitrogens with zero attached hydrogens (tertiary/aromatic N) is 2. The Hall–Kier alpha value is -2.18. The summed E-state index contributed by atoms with van der Waals surface area (Å²) in [6, 6.07) is 7.10. The summed E-state index contributed by atoms with van der Waals surface area (Å²) in [6.07, 6.45) is 6.96. The molecule has 0 spiro atoms. The fourth-order valence-electron chi connectivity index (χ4n) is 2.67. The van der Waals surface area contributed by atoms with E-state index in [4.69, 9.17) is 10.5 Å². The summed E-state index contributed by atoms with van der Waals surface area (Å²) < 4.78 is 7.19. The largest absolute Gasteiger partial charge is 0.381 e. The van der Waals surface area contributed by atoms with E-state index in [1.807, 2.05) is 35.0 Å². The molecule has 3 N–H and O–H groups in total. The Kier molecular flexibility index (Phi) is 4.50. The van der Waals surface area contributed by atoms with Gasteiger partial charge >= 0.3 is 0 Å². The van der Waals surface area contributed by atoms with E-state index in [0.717, 1.165) is 24.2 Å². The average Bonchev–Trinajstić information content (AvgIpc) is 3.10. The highest BCUT2D eigenvalue weighted by Gasteiger charge is 2.26. The number of hydrogen-bond acceptors (Lipinski definition) is 4. The molecule has 0 bridgehead atoms. The molecule has 22 heavy (non-hydrogen) atoms. The van der Waals surface area contributed by atoms with Crippen LogP contribution in [-0.2, 0) is 9.53 Å². The predicted molar refractivity (Wildman–Crippen MR) is 83.7 cm³/mol. The predicted octanol–water partition coefficient (Wildman–Crippen LogP) is 1.56. The molecule has 2 aromatic rings. The van der Waals surface area contributed by atoms with Gasteiger partial charge in [-0.3, -0.25) is 4.79 Å². The third-order valence-electron chi connectivity index (χ3n) is 3.99. The molecule has 0 radical (unpaired) electrons. The first-order valence-corrected chi connectivity index (χ1v) is 7.46. The molecular weight excluding hydrogens is 280 g/mol. The van der Waals surface area contributed by atoms with Crippen molar-refractivity contribution in [3.8, 4) is 5.69 Å². The SMILES string of the molecule is NC(C(=O)Nc1cccc(-n2ccnc2)c1)C1CCOCC1. The van der Waals surface area contributed by atoms with Gasteiger partial charge in [0.2, 0.25) is 5.91 Å². The molecule has 0 aliphatic carbocycles. The lowest BCUT2D eigenvalue weighted by molar-refractivity contribution is -0.119. The van der Waals surface area contributed by atoms with Crippen LogP contribution in [-0.4, -0.2) is 34.7 Å². The molecule has 1 aromatic carbocycles. The number of imidazole rings is 1. The molecule has 2 heterocycles. The zero-order chi connectivity index (χ0) is 15.4. The minimum absolute atomic E-state index is 0.144. The van der Waals surface area contributed by atoms with Crippen molar-refractivity contribution in [3.05, 3.63) is 43.0 Å². The highest BCUT2D eigenvalue weighted by atomic mass is 16.5. The standard InChI is InChI=1S/C16H20N4O2/c17-15(12-4-8-22-9-5-12)16(21)19-13-2-1-3-14(10-13)20-7-6-18-11-20/h1-3,6-7,10-12,15H,4-5,8-9,17H2,(H,19,21).